The smallest absolute Gasteiger partial charge is 0.327 e. The predicted molar refractivity (Wildman–Crippen MR) is 61.7 cm³/mol. The second kappa shape index (κ2) is 6.65. The Bertz CT molecular complexity index is 185. The van der Waals surface area contributed by atoms with E-state index >= 15 is 0 Å². The van der Waals surface area contributed by atoms with E-state index in [0.717, 1.165) is 17.9 Å². The van der Waals surface area contributed by atoms with E-state index in [0.29, 0.717) is 0 Å². The number of carboxylic acids is 1. The number of carbonyl (C=O) groups is 1. The normalized spacial score (nSPS) is 29.3. The van der Waals surface area contributed by atoms with Crippen LogP contribution < -0.4 is 0 Å². The molecule has 0 saturated heterocycles. The summed E-state index contributed by atoms with van der Waals surface area (Å²) in [7, 11) is 0. The number of carboxylic acid groups (broad SMARTS) is 1. The SMILES string of the molecule is C1CCC2CCCCC2C1.C=CC(=O)O. The van der Waals surface area contributed by atoms with Crippen LogP contribution in [0.15, 0.2) is 12.7 Å². The first-order valence-corrected chi connectivity index (χ1v) is 6.09. The van der Waals surface area contributed by atoms with Crippen molar-refractivity contribution in [2.45, 2.75) is 51.4 Å². The molecule has 0 radical (unpaired) electrons. The van der Waals surface area contributed by atoms with Crippen molar-refractivity contribution in [3.8, 4) is 0 Å². The zero-order valence-corrected chi connectivity index (χ0v) is 9.45. The first kappa shape index (κ1) is 12.3. The van der Waals surface area contributed by atoms with Gasteiger partial charge in [-0.15, -0.1) is 0 Å². The maximum absolute atomic E-state index is 9.25. The zero-order valence-electron chi connectivity index (χ0n) is 9.45. The fourth-order valence-corrected chi connectivity index (χ4v) is 2.86. The highest BCUT2D eigenvalue weighted by Crippen LogP contribution is 2.39. The van der Waals surface area contributed by atoms with Crippen LogP contribution in [0.25, 0.3) is 0 Å². The van der Waals surface area contributed by atoms with Gasteiger partial charge in [0.1, 0.15) is 0 Å². The largest absolute Gasteiger partial charge is 0.478 e. The first-order valence-electron chi connectivity index (χ1n) is 6.09. The Labute approximate surface area is 92.4 Å². The third kappa shape index (κ3) is 4.50. The fourth-order valence-electron chi connectivity index (χ4n) is 2.86. The Morgan fingerprint density at radius 1 is 1.00 bits per heavy atom. The van der Waals surface area contributed by atoms with Crippen LogP contribution in [-0.2, 0) is 4.79 Å². The van der Waals surface area contributed by atoms with E-state index in [1.54, 1.807) is 25.7 Å². The van der Waals surface area contributed by atoms with Crippen molar-refractivity contribution >= 4 is 5.97 Å². The van der Waals surface area contributed by atoms with Crippen molar-refractivity contribution in [1.82, 2.24) is 0 Å². The zero-order chi connectivity index (χ0) is 11.1. The van der Waals surface area contributed by atoms with E-state index in [2.05, 4.69) is 6.58 Å². The second-order valence-corrected chi connectivity index (χ2v) is 4.63. The molecule has 0 aromatic carbocycles. The highest BCUT2D eigenvalue weighted by Gasteiger charge is 2.26. The molecule has 2 heteroatoms. The van der Waals surface area contributed by atoms with Crippen LogP contribution in [0.2, 0.25) is 0 Å². The highest BCUT2D eigenvalue weighted by molar-refractivity contribution is 5.78. The van der Waals surface area contributed by atoms with Crippen LogP contribution in [0.4, 0.5) is 0 Å². The summed E-state index contributed by atoms with van der Waals surface area (Å²) in [5, 5.41) is 7.60. The van der Waals surface area contributed by atoms with Crippen LogP contribution in [0.5, 0.6) is 0 Å². The molecule has 0 aromatic heterocycles. The molecule has 2 aliphatic carbocycles. The Hall–Kier alpha value is -0.790. The van der Waals surface area contributed by atoms with Crippen molar-refractivity contribution in [1.29, 1.82) is 0 Å². The molecule has 2 saturated carbocycles. The molecule has 86 valence electrons. The Morgan fingerprint density at radius 2 is 1.27 bits per heavy atom. The van der Waals surface area contributed by atoms with Crippen LogP contribution in [0.1, 0.15) is 51.4 Å². The van der Waals surface area contributed by atoms with Crippen molar-refractivity contribution in [2.75, 3.05) is 0 Å². The Balaban J connectivity index is 0.000000195. The van der Waals surface area contributed by atoms with Crippen LogP contribution in [0, 0.1) is 11.8 Å². The van der Waals surface area contributed by atoms with Gasteiger partial charge in [-0.25, -0.2) is 4.79 Å². The third-order valence-corrected chi connectivity index (χ3v) is 3.64. The third-order valence-electron chi connectivity index (χ3n) is 3.64. The molecule has 0 aliphatic heterocycles. The summed E-state index contributed by atoms with van der Waals surface area (Å²) in [6.45, 7) is 2.96. The van der Waals surface area contributed by atoms with Crippen LogP contribution in [-0.4, -0.2) is 11.1 Å². The first-order chi connectivity index (χ1) is 7.24. The van der Waals surface area contributed by atoms with Gasteiger partial charge in [0.05, 0.1) is 0 Å². The summed E-state index contributed by atoms with van der Waals surface area (Å²) in [4.78, 5) is 9.25. The lowest BCUT2D eigenvalue weighted by atomic mass is 9.71. The second-order valence-electron chi connectivity index (χ2n) is 4.63. The van der Waals surface area contributed by atoms with Gasteiger partial charge < -0.3 is 5.11 Å². The molecule has 0 atom stereocenters. The Morgan fingerprint density at radius 3 is 1.47 bits per heavy atom. The van der Waals surface area contributed by atoms with E-state index < -0.39 is 5.97 Å². The van der Waals surface area contributed by atoms with Gasteiger partial charge in [0, 0.05) is 6.08 Å². The standard InChI is InChI=1S/C10H18.C3H4O2/c1-2-6-10-8-4-3-7-9(10)5-1;1-2-3(4)5/h9-10H,1-8H2;2H,1H2,(H,4,5). The van der Waals surface area contributed by atoms with Gasteiger partial charge in [-0.3, -0.25) is 0 Å². The topological polar surface area (TPSA) is 37.3 Å². The van der Waals surface area contributed by atoms with Gasteiger partial charge in [-0.2, -0.15) is 0 Å². The monoisotopic (exact) mass is 210 g/mol. The summed E-state index contributed by atoms with van der Waals surface area (Å²) in [6, 6.07) is 0. The molecule has 2 nitrogen and oxygen atoms in total. The summed E-state index contributed by atoms with van der Waals surface area (Å²) < 4.78 is 0. The molecule has 0 heterocycles. The number of rotatable bonds is 1. The fraction of sp³-hybridized carbons (Fsp3) is 0.769. The lowest BCUT2D eigenvalue weighted by molar-refractivity contribution is -0.131. The Kier molecular flexibility index (Phi) is 5.44. The molecule has 2 rings (SSSR count). The molecular formula is C13H22O2. The van der Waals surface area contributed by atoms with Crippen molar-refractivity contribution < 1.29 is 9.90 Å². The van der Waals surface area contributed by atoms with E-state index in [1.165, 1.54) is 25.7 Å². The summed E-state index contributed by atoms with van der Waals surface area (Å²) in [5.74, 6) is 1.33. The maximum Gasteiger partial charge on any atom is 0.327 e. The minimum atomic E-state index is -0.981. The quantitative estimate of drug-likeness (QED) is 0.671. The highest BCUT2D eigenvalue weighted by atomic mass is 16.4. The number of fused-ring (bicyclic) bond motifs is 1. The lowest BCUT2D eigenvalue weighted by Gasteiger charge is -2.35. The van der Waals surface area contributed by atoms with Gasteiger partial charge in [0.25, 0.3) is 0 Å². The number of hydrogen-bond donors (Lipinski definition) is 1. The van der Waals surface area contributed by atoms with Crippen molar-refractivity contribution in [2.24, 2.45) is 11.8 Å². The molecule has 2 aliphatic rings. The minimum Gasteiger partial charge on any atom is -0.478 e. The minimum absolute atomic E-state index is 0.833. The molecule has 0 amide bonds. The summed E-state index contributed by atoms with van der Waals surface area (Å²) in [6.07, 6.45) is 13.2. The molecule has 0 spiro atoms. The molecule has 0 bridgehead atoms. The van der Waals surface area contributed by atoms with Crippen LogP contribution >= 0.6 is 0 Å². The van der Waals surface area contributed by atoms with Gasteiger partial charge in [-0.05, 0) is 11.8 Å². The summed E-state index contributed by atoms with van der Waals surface area (Å²) in [5.41, 5.74) is 0. The van der Waals surface area contributed by atoms with E-state index in [1.807, 2.05) is 0 Å². The number of aliphatic carboxylic acids is 1. The number of hydrogen-bond acceptors (Lipinski definition) is 1. The van der Waals surface area contributed by atoms with Crippen molar-refractivity contribution in [3.05, 3.63) is 12.7 Å². The molecule has 1 N–H and O–H groups in total. The van der Waals surface area contributed by atoms with Gasteiger partial charge >= 0.3 is 5.97 Å². The van der Waals surface area contributed by atoms with E-state index in [-0.39, 0.29) is 0 Å². The predicted octanol–water partition coefficient (Wildman–Crippen LogP) is 3.62. The average Bonchev–Trinajstić information content (AvgIpc) is 2.30. The van der Waals surface area contributed by atoms with E-state index in [9.17, 15) is 4.79 Å². The molecule has 2 fully saturated rings. The summed E-state index contributed by atoms with van der Waals surface area (Å²) >= 11 is 0. The van der Waals surface area contributed by atoms with Crippen LogP contribution in [0.3, 0.4) is 0 Å². The maximum atomic E-state index is 9.25. The molecule has 0 aromatic rings. The molecule has 0 unspecified atom stereocenters. The van der Waals surface area contributed by atoms with Gasteiger partial charge in [-0.1, -0.05) is 57.9 Å². The molecular weight excluding hydrogens is 188 g/mol. The lowest BCUT2D eigenvalue weighted by Crippen LogP contribution is -2.22. The van der Waals surface area contributed by atoms with E-state index in [4.69, 9.17) is 5.11 Å². The average molecular weight is 210 g/mol. The van der Waals surface area contributed by atoms with Gasteiger partial charge in [0.2, 0.25) is 0 Å². The van der Waals surface area contributed by atoms with Crippen molar-refractivity contribution in [3.63, 3.8) is 0 Å². The molecule has 15 heavy (non-hydrogen) atoms. The van der Waals surface area contributed by atoms with Gasteiger partial charge in [0.15, 0.2) is 0 Å².